The van der Waals surface area contributed by atoms with Gasteiger partial charge in [-0.25, -0.2) is 9.37 Å². The number of nitrogen functional groups attached to an aromatic ring is 1. The molecule has 2 aromatic rings. The van der Waals surface area contributed by atoms with E-state index in [9.17, 15) is 14.5 Å². The van der Waals surface area contributed by atoms with Crippen molar-refractivity contribution in [3.8, 4) is 0 Å². The molecule has 0 atom stereocenters. The van der Waals surface area contributed by atoms with E-state index in [0.29, 0.717) is 5.69 Å². The maximum atomic E-state index is 12.8. The summed E-state index contributed by atoms with van der Waals surface area (Å²) in [5, 5.41) is 10.5. The number of halogens is 1. The molecule has 4 N–H and O–H groups in total. The van der Waals surface area contributed by atoms with Gasteiger partial charge in [0.15, 0.2) is 11.6 Å². The van der Waals surface area contributed by atoms with E-state index in [1.165, 1.54) is 24.3 Å². The predicted molar refractivity (Wildman–Crippen MR) is 66.7 cm³/mol. The van der Waals surface area contributed by atoms with Crippen LogP contribution in [0.15, 0.2) is 30.5 Å². The van der Waals surface area contributed by atoms with E-state index >= 15 is 0 Å². The van der Waals surface area contributed by atoms with E-state index < -0.39 is 10.7 Å². The Kier molecular flexibility index (Phi) is 3.37. The molecule has 1 aromatic carbocycles. The number of hydrogen-bond donors (Lipinski definition) is 3. The zero-order valence-electron chi connectivity index (χ0n) is 9.50. The van der Waals surface area contributed by atoms with Crippen LogP contribution in [0.5, 0.6) is 0 Å². The third-order valence-electron chi connectivity index (χ3n) is 2.17. The average Bonchev–Trinajstić information content (AvgIpc) is 2.40. The maximum absolute atomic E-state index is 12.8. The van der Waals surface area contributed by atoms with E-state index in [4.69, 9.17) is 5.73 Å². The second-order valence-electron chi connectivity index (χ2n) is 3.48. The molecule has 0 amide bonds. The van der Waals surface area contributed by atoms with Gasteiger partial charge in [0.2, 0.25) is 5.95 Å². The molecular weight excluding hydrogens is 255 g/mol. The SMILES string of the molecule is Nc1nc(NNc2ccc([N+](=O)[O-])cc2)ncc1F. The molecule has 0 aliphatic heterocycles. The lowest BCUT2D eigenvalue weighted by atomic mass is 10.3. The summed E-state index contributed by atoms with van der Waals surface area (Å²) in [6.07, 6.45) is 0.933. The van der Waals surface area contributed by atoms with Crippen molar-refractivity contribution in [2.24, 2.45) is 0 Å². The maximum Gasteiger partial charge on any atom is 0.269 e. The molecule has 0 aliphatic carbocycles. The van der Waals surface area contributed by atoms with Crippen LogP contribution in [0.2, 0.25) is 0 Å². The Balaban J connectivity index is 2.01. The van der Waals surface area contributed by atoms with Crippen LogP contribution in [0.4, 0.5) is 27.5 Å². The van der Waals surface area contributed by atoms with E-state index in [1.54, 1.807) is 0 Å². The zero-order chi connectivity index (χ0) is 13.8. The van der Waals surface area contributed by atoms with Gasteiger partial charge in [-0.1, -0.05) is 0 Å². The molecule has 0 radical (unpaired) electrons. The summed E-state index contributed by atoms with van der Waals surface area (Å²) in [6.45, 7) is 0. The van der Waals surface area contributed by atoms with Gasteiger partial charge in [0.25, 0.3) is 5.69 Å². The average molecular weight is 264 g/mol. The van der Waals surface area contributed by atoms with Crippen LogP contribution in [0.1, 0.15) is 0 Å². The molecule has 1 heterocycles. The largest absolute Gasteiger partial charge is 0.381 e. The second-order valence-corrected chi connectivity index (χ2v) is 3.48. The smallest absolute Gasteiger partial charge is 0.269 e. The van der Waals surface area contributed by atoms with Gasteiger partial charge < -0.3 is 5.73 Å². The molecule has 0 bridgehead atoms. The molecule has 0 saturated carbocycles. The van der Waals surface area contributed by atoms with Crippen molar-refractivity contribution in [2.45, 2.75) is 0 Å². The van der Waals surface area contributed by atoms with E-state index in [0.717, 1.165) is 6.20 Å². The third-order valence-corrected chi connectivity index (χ3v) is 2.17. The first-order valence-corrected chi connectivity index (χ1v) is 5.11. The fraction of sp³-hybridized carbons (Fsp3) is 0. The van der Waals surface area contributed by atoms with Crippen molar-refractivity contribution < 1.29 is 9.31 Å². The number of non-ortho nitro benzene ring substituents is 1. The highest BCUT2D eigenvalue weighted by Crippen LogP contribution is 2.15. The monoisotopic (exact) mass is 264 g/mol. The number of nitro benzene ring substituents is 1. The Labute approximate surface area is 106 Å². The number of aromatic nitrogens is 2. The van der Waals surface area contributed by atoms with Crippen LogP contribution in [-0.2, 0) is 0 Å². The third kappa shape index (κ3) is 3.03. The van der Waals surface area contributed by atoms with Crippen LogP contribution in [0.25, 0.3) is 0 Å². The fourth-order valence-corrected chi connectivity index (χ4v) is 1.24. The highest BCUT2D eigenvalue weighted by Gasteiger charge is 2.05. The number of nitrogens with two attached hydrogens (primary N) is 1. The molecule has 0 unspecified atom stereocenters. The summed E-state index contributed by atoms with van der Waals surface area (Å²) >= 11 is 0. The van der Waals surface area contributed by atoms with E-state index in [-0.39, 0.29) is 17.5 Å². The molecule has 0 saturated heterocycles. The number of nitrogens with zero attached hydrogens (tertiary/aromatic N) is 3. The highest BCUT2D eigenvalue weighted by molar-refractivity contribution is 5.51. The van der Waals surface area contributed by atoms with Crippen LogP contribution in [-0.4, -0.2) is 14.9 Å². The minimum Gasteiger partial charge on any atom is -0.381 e. The van der Waals surface area contributed by atoms with Gasteiger partial charge >= 0.3 is 0 Å². The first-order chi connectivity index (χ1) is 9.06. The summed E-state index contributed by atoms with van der Waals surface area (Å²) in [5.41, 5.74) is 11.1. The van der Waals surface area contributed by atoms with Crippen molar-refractivity contribution in [1.29, 1.82) is 0 Å². The summed E-state index contributed by atoms with van der Waals surface area (Å²) in [7, 11) is 0. The van der Waals surface area contributed by atoms with Gasteiger partial charge in [-0.3, -0.25) is 21.0 Å². The lowest BCUT2D eigenvalue weighted by Crippen LogP contribution is -2.12. The molecule has 2 rings (SSSR count). The number of hydrazine groups is 1. The molecular formula is C10H9FN6O2. The number of benzene rings is 1. The molecule has 9 heteroatoms. The van der Waals surface area contributed by atoms with Crippen LogP contribution >= 0.6 is 0 Å². The lowest BCUT2D eigenvalue weighted by Gasteiger charge is -2.08. The van der Waals surface area contributed by atoms with Crippen molar-refractivity contribution in [3.05, 3.63) is 46.4 Å². The lowest BCUT2D eigenvalue weighted by molar-refractivity contribution is -0.384. The van der Waals surface area contributed by atoms with Gasteiger partial charge in [-0.05, 0) is 12.1 Å². The number of rotatable bonds is 4. The summed E-state index contributed by atoms with van der Waals surface area (Å²) in [6, 6.07) is 5.67. The van der Waals surface area contributed by atoms with Crippen molar-refractivity contribution in [3.63, 3.8) is 0 Å². The quantitative estimate of drug-likeness (QED) is 0.566. The predicted octanol–water partition coefficient (Wildman–Crippen LogP) is 1.55. The van der Waals surface area contributed by atoms with E-state index in [2.05, 4.69) is 20.8 Å². The van der Waals surface area contributed by atoms with E-state index in [1.807, 2.05) is 0 Å². The van der Waals surface area contributed by atoms with Crippen LogP contribution in [0, 0.1) is 15.9 Å². The second kappa shape index (κ2) is 5.12. The molecule has 8 nitrogen and oxygen atoms in total. The Morgan fingerprint density at radius 1 is 1.26 bits per heavy atom. The van der Waals surface area contributed by atoms with Gasteiger partial charge in [-0.2, -0.15) is 4.98 Å². The summed E-state index contributed by atoms with van der Waals surface area (Å²) in [4.78, 5) is 17.3. The standard InChI is InChI=1S/C10H9FN6O2/c11-8-5-13-10(14-9(8)12)16-15-6-1-3-7(4-2-6)17(18)19/h1-5,15H,(H3,12,13,14,16). The normalized spacial score (nSPS) is 9.95. The van der Waals surface area contributed by atoms with Crippen molar-refractivity contribution in [1.82, 2.24) is 9.97 Å². The van der Waals surface area contributed by atoms with Gasteiger partial charge in [0, 0.05) is 12.1 Å². The summed E-state index contributed by atoms with van der Waals surface area (Å²) < 4.78 is 12.8. The van der Waals surface area contributed by atoms with Gasteiger partial charge in [0.05, 0.1) is 16.8 Å². The number of anilines is 3. The van der Waals surface area contributed by atoms with Crippen molar-refractivity contribution >= 4 is 23.1 Å². The Morgan fingerprint density at radius 2 is 1.95 bits per heavy atom. The van der Waals surface area contributed by atoms with Crippen LogP contribution in [0.3, 0.4) is 0 Å². The Bertz CT molecular complexity index is 603. The molecule has 19 heavy (non-hydrogen) atoms. The Hall–Kier alpha value is -2.97. The minimum absolute atomic E-state index is 0.0205. The first-order valence-electron chi connectivity index (χ1n) is 5.11. The zero-order valence-corrected chi connectivity index (χ0v) is 9.50. The number of nitrogens with one attached hydrogen (secondary N) is 2. The number of hydrogen-bond acceptors (Lipinski definition) is 7. The van der Waals surface area contributed by atoms with Gasteiger partial charge in [-0.15, -0.1) is 0 Å². The van der Waals surface area contributed by atoms with Crippen molar-refractivity contribution in [2.75, 3.05) is 16.6 Å². The molecule has 98 valence electrons. The fourth-order valence-electron chi connectivity index (χ4n) is 1.24. The molecule has 0 spiro atoms. The Morgan fingerprint density at radius 3 is 2.53 bits per heavy atom. The molecule has 0 fully saturated rings. The number of nitro groups is 1. The minimum atomic E-state index is -0.708. The van der Waals surface area contributed by atoms with Crippen LogP contribution < -0.4 is 16.6 Å². The van der Waals surface area contributed by atoms with Gasteiger partial charge in [0.1, 0.15) is 0 Å². The highest BCUT2D eigenvalue weighted by atomic mass is 19.1. The molecule has 0 aliphatic rings. The summed E-state index contributed by atoms with van der Waals surface area (Å²) in [5.74, 6) is -0.902. The first kappa shape index (κ1) is 12.5. The topological polar surface area (TPSA) is 119 Å². The molecule has 1 aromatic heterocycles.